The summed E-state index contributed by atoms with van der Waals surface area (Å²) in [5, 5.41) is 2.87. The first-order valence-corrected chi connectivity index (χ1v) is 8.79. The number of methoxy groups -OCH3 is 1. The zero-order valence-electron chi connectivity index (χ0n) is 14.9. The zero-order valence-corrected chi connectivity index (χ0v) is 14.9. The fraction of sp³-hybridized carbons (Fsp3) is 0.706. The Morgan fingerprint density at radius 1 is 1.29 bits per heavy atom. The van der Waals surface area contributed by atoms with Crippen LogP contribution in [0, 0.1) is 0 Å². The topological polar surface area (TPSA) is 76.5 Å². The van der Waals surface area contributed by atoms with E-state index in [1.165, 1.54) is 0 Å². The lowest BCUT2D eigenvalue weighted by atomic mass is 10.1. The van der Waals surface area contributed by atoms with Gasteiger partial charge in [0, 0.05) is 39.9 Å². The van der Waals surface area contributed by atoms with Crippen LogP contribution in [0.25, 0.3) is 0 Å². The second kappa shape index (κ2) is 8.82. The van der Waals surface area contributed by atoms with Crippen molar-refractivity contribution in [3.63, 3.8) is 0 Å². The average Bonchev–Trinajstić information content (AvgIpc) is 2.99. The first kappa shape index (κ1) is 18.4. The van der Waals surface area contributed by atoms with Crippen molar-refractivity contribution in [2.45, 2.75) is 46.1 Å². The van der Waals surface area contributed by atoms with Gasteiger partial charge in [-0.2, -0.15) is 0 Å². The summed E-state index contributed by atoms with van der Waals surface area (Å²) in [5.41, 5.74) is 1.35. The van der Waals surface area contributed by atoms with Crippen LogP contribution in [0.2, 0.25) is 0 Å². The minimum absolute atomic E-state index is 0.0796. The van der Waals surface area contributed by atoms with Gasteiger partial charge in [0.05, 0.1) is 5.69 Å². The number of fused-ring (bicyclic) bond motifs is 1. The Morgan fingerprint density at radius 3 is 2.71 bits per heavy atom. The number of ether oxygens (including phenoxy) is 1. The van der Waals surface area contributed by atoms with E-state index >= 15 is 0 Å². The van der Waals surface area contributed by atoms with E-state index in [1.807, 2.05) is 18.4 Å². The smallest absolute Gasteiger partial charge is 0.287 e. The zero-order chi connectivity index (χ0) is 17.5. The fourth-order valence-corrected chi connectivity index (χ4v) is 3.05. The van der Waals surface area contributed by atoms with Gasteiger partial charge in [-0.3, -0.25) is 9.59 Å². The van der Waals surface area contributed by atoms with Crippen molar-refractivity contribution in [1.29, 1.82) is 0 Å². The molecular weight excluding hydrogens is 308 g/mol. The van der Waals surface area contributed by atoms with Crippen LogP contribution < -0.4 is 5.32 Å². The van der Waals surface area contributed by atoms with Crippen LogP contribution >= 0.6 is 0 Å². The first-order valence-electron chi connectivity index (χ1n) is 8.79. The average molecular weight is 336 g/mol. The molecule has 7 nitrogen and oxygen atoms in total. The summed E-state index contributed by atoms with van der Waals surface area (Å²) >= 11 is 0. The fourth-order valence-electron chi connectivity index (χ4n) is 3.05. The molecule has 0 radical (unpaired) electrons. The Kier molecular flexibility index (Phi) is 6.78. The molecule has 24 heavy (non-hydrogen) atoms. The van der Waals surface area contributed by atoms with Gasteiger partial charge < -0.3 is 19.5 Å². The van der Waals surface area contributed by atoms with Crippen molar-refractivity contribution >= 4 is 11.8 Å². The van der Waals surface area contributed by atoms with Gasteiger partial charge in [0.1, 0.15) is 5.69 Å². The van der Waals surface area contributed by atoms with E-state index in [4.69, 9.17) is 4.74 Å². The lowest BCUT2D eigenvalue weighted by molar-refractivity contribution is 0.0766. The minimum Gasteiger partial charge on any atom is -0.385 e. The van der Waals surface area contributed by atoms with Gasteiger partial charge in [0.2, 0.25) is 0 Å². The van der Waals surface area contributed by atoms with Gasteiger partial charge in [0.15, 0.2) is 5.82 Å². The molecule has 1 aromatic heterocycles. The number of carbonyl (C=O) groups excluding carboxylic acids is 2. The molecule has 2 heterocycles. The van der Waals surface area contributed by atoms with Crippen LogP contribution in [0.4, 0.5) is 0 Å². The Hall–Kier alpha value is -1.89. The maximum Gasteiger partial charge on any atom is 0.287 e. The molecule has 0 atom stereocenters. The molecule has 2 amide bonds. The second-order valence-electron chi connectivity index (χ2n) is 5.92. The minimum atomic E-state index is -0.215. The third-order valence-corrected chi connectivity index (χ3v) is 4.38. The number of aromatic nitrogens is 2. The van der Waals surface area contributed by atoms with Crippen LogP contribution in [-0.2, 0) is 17.7 Å². The number of carbonyl (C=O) groups is 2. The lowest BCUT2D eigenvalue weighted by Gasteiger charge is -2.20. The predicted molar refractivity (Wildman–Crippen MR) is 91.2 cm³/mol. The molecule has 1 aromatic rings. The van der Waals surface area contributed by atoms with E-state index in [0.717, 1.165) is 37.9 Å². The van der Waals surface area contributed by atoms with Crippen LogP contribution in [0.3, 0.4) is 0 Å². The Balaban J connectivity index is 2.23. The van der Waals surface area contributed by atoms with Gasteiger partial charge in [0.25, 0.3) is 11.8 Å². The number of rotatable bonds is 8. The van der Waals surface area contributed by atoms with E-state index in [0.29, 0.717) is 37.8 Å². The molecule has 0 bridgehead atoms. The predicted octanol–water partition coefficient (Wildman–Crippen LogP) is 1.47. The number of imidazole rings is 1. The molecule has 0 fully saturated rings. The standard InChI is InChI=1S/C17H28N4O3/c1-4-20(5-2)17(23)14-13-9-6-7-11-21(13)15(19-14)16(22)18-10-8-12-24-3/h4-12H2,1-3H3,(H,18,22). The van der Waals surface area contributed by atoms with Crippen molar-refractivity contribution in [2.75, 3.05) is 33.4 Å². The van der Waals surface area contributed by atoms with Crippen molar-refractivity contribution < 1.29 is 14.3 Å². The Morgan fingerprint density at radius 2 is 2.04 bits per heavy atom. The normalized spacial score (nSPS) is 13.5. The van der Waals surface area contributed by atoms with E-state index in [1.54, 1.807) is 12.0 Å². The molecule has 0 aromatic carbocycles. The molecule has 0 spiro atoms. The maximum absolute atomic E-state index is 12.7. The summed E-state index contributed by atoms with van der Waals surface area (Å²) in [6.45, 7) is 7.07. The number of nitrogens with one attached hydrogen (secondary N) is 1. The lowest BCUT2D eigenvalue weighted by Crippen LogP contribution is -2.31. The molecule has 0 aliphatic carbocycles. The third-order valence-electron chi connectivity index (χ3n) is 4.38. The van der Waals surface area contributed by atoms with E-state index in [2.05, 4.69) is 10.3 Å². The van der Waals surface area contributed by atoms with E-state index < -0.39 is 0 Å². The summed E-state index contributed by atoms with van der Waals surface area (Å²) in [6.07, 6.45) is 3.58. The highest BCUT2D eigenvalue weighted by Gasteiger charge is 2.28. The second-order valence-corrected chi connectivity index (χ2v) is 5.92. The summed E-state index contributed by atoms with van der Waals surface area (Å²) in [5.74, 6) is 0.0644. The summed E-state index contributed by atoms with van der Waals surface area (Å²) in [4.78, 5) is 31.4. The SMILES string of the molecule is CCN(CC)C(=O)c1nc(C(=O)NCCCOC)n2c1CCCC2. The van der Waals surface area contributed by atoms with Crippen LogP contribution in [-0.4, -0.2) is 59.6 Å². The van der Waals surface area contributed by atoms with Gasteiger partial charge in [-0.1, -0.05) is 0 Å². The van der Waals surface area contributed by atoms with Crippen molar-refractivity contribution in [3.8, 4) is 0 Å². The quantitative estimate of drug-likeness (QED) is 0.729. The van der Waals surface area contributed by atoms with Gasteiger partial charge in [-0.25, -0.2) is 4.98 Å². The maximum atomic E-state index is 12.7. The van der Waals surface area contributed by atoms with Crippen molar-refractivity contribution in [1.82, 2.24) is 19.8 Å². The van der Waals surface area contributed by atoms with E-state index in [-0.39, 0.29) is 11.8 Å². The summed E-state index contributed by atoms with van der Waals surface area (Å²) < 4.78 is 6.91. The Bertz CT molecular complexity index is 579. The van der Waals surface area contributed by atoms with Crippen molar-refractivity contribution in [3.05, 3.63) is 17.2 Å². The molecular formula is C17H28N4O3. The first-order chi connectivity index (χ1) is 11.6. The molecule has 2 rings (SSSR count). The Labute approximate surface area is 143 Å². The van der Waals surface area contributed by atoms with Crippen LogP contribution in [0.5, 0.6) is 0 Å². The number of nitrogens with zero attached hydrogens (tertiary/aromatic N) is 3. The largest absolute Gasteiger partial charge is 0.385 e. The molecule has 134 valence electrons. The number of amides is 2. The summed E-state index contributed by atoms with van der Waals surface area (Å²) in [6, 6.07) is 0. The van der Waals surface area contributed by atoms with E-state index in [9.17, 15) is 9.59 Å². The molecule has 1 aliphatic rings. The molecule has 0 saturated heterocycles. The number of hydrogen-bond donors (Lipinski definition) is 1. The van der Waals surface area contributed by atoms with Gasteiger partial charge in [-0.15, -0.1) is 0 Å². The number of hydrogen-bond acceptors (Lipinski definition) is 4. The molecule has 0 unspecified atom stereocenters. The van der Waals surface area contributed by atoms with Crippen LogP contribution in [0.1, 0.15) is 59.9 Å². The van der Waals surface area contributed by atoms with Crippen molar-refractivity contribution in [2.24, 2.45) is 0 Å². The monoisotopic (exact) mass is 336 g/mol. The molecule has 1 N–H and O–H groups in total. The highest BCUT2D eigenvalue weighted by molar-refractivity contribution is 5.97. The molecule has 1 aliphatic heterocycles. The third kappa shape index (κ3) is 3.95. The molecule has 7 heteroatoms. The molecule has 0 saturated carbocycles. The highest BCUT2D eigenvalue weighted by atomic mass is 16.5. The van der Waals surface area contributed by atoms with Gasteiger partial charge in [-0.05, 0) is 39.5 Å². The summed E-state index contributed by atoms with van der Waals surface area (Å²) in [7, 11) is 1.64. The van der Waals surface area contributed by atoms with Gasteiger partial charge >= 0.3 is 0 Å². The highest BCUT2D eigenvalue weighted by Crippen LogP contribution is 2.22. The van der Waals surface area contributed by atoms with Crippen LogP contribution in [0.15, 0.2) is 0 Å².